The molecule has 0 bridgehead atoms. The summed E-state index contributed by atoms with van der Waals surface area (Å²) in [7, 11) is 0. The first-order chi connectivity index (χ1) is 8.24. The Bertz CT molecular complexity index is 213. The zero-order valence-electron chi connectivity index (χ0n) is 11.5. The molecule has 0 aromatic rings. The molecule has 1 heterocycles. The Kier molecular flexibility index (Phi) is 7.50. The average molecular weight is 240 g/mol. The van der Waals surface area contributed by atoms with E-state index in [0.717, 1.165) is 25.7 Å². The second-order valence-electron chi connectivity index (χ2n) is 5.35. The summed E-state index contributed by atoms with van der Waals surface area (Å²) in [5.41, 5.74) is 0. The fraction of sp³-hybridized carbons (Fsp3) is 0.933. The topological polar surface area (TPSA) is 26.3 Å². The summed E-state index contributed by atoms with van der Waals surface area (Å²) in [6, 6.07) is 0. The molecule has 1 rings (SSSR count). The van der Waals surface area contributed by atoms with E-state index in [9.17, 15) is 4.79 Å². The van der Waals surface area contributed by atoms with Crippen LogP contribution >= 0.6 is 0 Å². The van der Waals surface area contributed by atoms with E-state index in [0.29, 0.717) is 5.78 Å². The highest BCUT2D eigenvalue weighted by molar-refractivity contribution is 5.83. The van der Waals surface area contributed by atoms with Crippen LogP contribution in [-0.4, -0.2) is 18.0 Å². The molecule has 0 saturated carbocycles. The van der Waals surface area contributed by atoms with Gasteiger partial charge in [-0.25, -0.2) is 0 Å². The van der Waals surface area contributed by atoms with Crippen molar-refractivity contribution in [1.29, 1.82) is 0 Å². The van der Waals surface area contributed by atoms with Crippen LogP contribution in [0.3, 0.4) is 0 Å². The van der Waals surface area contributed by atoms with E-state index in [2.05, 4.69) is 13.8 Å². The first-order valence-corrected chi connectivity index (χ1v) is 7.42. The average Bonchev–Trinajstić information content (AvgIpc) is 2.74. The van der Waals surface area contributed by atoms with Gasteiger partial charge in [0, 0.05) is 6.42 Å². The maximum Gasteiger partial charge on any atom is 0.161 e. The first-order valence-electron chi connectivity index (χ1n) is 7.42. The van der Waals surface area contributed by atoms with E-state index in [1.165, 1.54) is 38.5 Å². The fourth-order valence-electron chi connectivity index (χ4n) is 2.46. The van der Waals surface area contributed by atoms with Crippen LogP contribution in [0.25, 0.3) is 0 Å². The van der Waals surface area contributed by atoms with E-state index in [1.54, 1.807) is 0 Å². The Labute approximate surface area is 106 Å². The normalized spacial score (nSPS) is 24.1. The number of hydrogen-bond donors (Lipinski definition) is 0. The van der Waals surface area contributed by atoms with E-state index in [1.807, 2.05) is 0 Å². The standard InChI is InChI=1S/C15H28O2/c1-3-4-5-6-7-8-9-10-14(16)15-12-11-13(2)17-15/h13,15H,3-12H2,1-2H3. The Balaban J connectivity index is 1.93. The van der Waals surface area contributed by atoms with E-state index in [4.69, 9.17) is 4.74 Å². The number of carbonyl (C=O) groups excluding carboxylic acids is 1. The molecule has 17 heavy (non-hydrogen) atoms. The van der Waals surface area contributed by atoms with Crippen molar-refractivity contribution >= 4 is 5.78 Å². The van der Waals surface area contributed by atoms with Gasteiger partial charge in [-0.1, -0.05) is 45.4 Å². The molecule has 2 nitrogen and oxygen atoms in total. The molecule has 0 spiro atoms. The number of rotatable bonds is 9. The highest BCUT2D eigenvalue weighted by atomic mass is 16.5. The Morgan fingerprint density at radius 1 is 1.06 bits per heavy atom. The third-order valence-corrected chi connectivity index (χ3v) is 3.62. The van der Waals surface area contributed by atoms with Gasteiger partial charge in [-0.05, 0) is 26.2 Å². The van der Waals surface area contributed by atoms with Gasteiger partial charge >= 0.3 is 0 Å². The van der Waals surface area contributed by atoms with Crippen LogP contribution in [-0.2, 0) is 9.53 Å². The Morgan fingerprint density at radius 3 is 2.29 bits per heavy atom. The molecule has 0 amide bonds. The number of unbranched alkanes of at least 4 members (excludes halogenated alkanes) is 6. The predicted molar refractivity (Wildman–Crippen MR) is 71.2 cm³/mol. The molecule has 2 heteroatoms. The van der Waals surface area contributed by atoms with Crippen LogP contribution in [0.15, 0.2) is 0 Å². The minimum absolute atomic E-state index is 0.0786. The lowest BCUT2D eigenvalue weighted by atomic mass is 10.0. The van der Waals surface area contributed by atoms with Gasteiger partial charge in [-0.3, -0.25) is 4.79 Å². The van der Waals surface area contributed by atoms with Crippen molar-refractivity contribution in [2.45, 2.75) is 90.3 Å². The Hall–Kier alpha value is -0.370. The molecule has 1 fully saturated rings. The fourth-order valence-corrected chi connectivity index (χ4v) is 2.46. The summed E-state index contributed by atoms with van der Waals surface area (Å²) in [6.45, 7) is 4.29. The van der Waals surface area contributed by atoms with Gasteiger partial charge < -0.3 is 4.74 Å². The lowest BCUT2D eigenvalue weighted by Crippen LogP contribution is -2.20. The zero-order chi connectivity index (χ0) is 12.5. The largest absolute Gasteiger partial charge is 0.368 e. The van der Waals surface area contributed by atoms with Gasteiger partial charge in [0.25, 0.3) is 0 Å². The summed E-state index contributed by atoms with van der Waals surface area (Å²) in [5, 5.41) is 0. The second-order valence-corrected chi connectivity index (χ2v) is 5.35. The molecule has 0 aliphatic carbocycles. The molecule has 0 aromatic heterocycles. The molecular weight excluding hydrogens is 212 g/mol. The molecule has 1 aliphatic rings. The van der Waals surface area contributed by atoms with Crippen molar-refractivity contribution in [1.82, 2.24) is 0 Å². The van der Waals surface area contributed by atoms with Gasteiger partial charge in [-0.15, -0.1) is 0 Å². The summed E-state index contributed by atoms with van der Waals surface area (Å²) < 4.78 is 5.58. The van der Waals surface area contributed by atoms with Crippen molar-refractivity contribution in [3.05, 3.63) is 0 Å². The summed E-state index contributed by atoms with van der Waals surface area (Å²) in [6.07, 6.45) is 11.8. The summed E-state index contributed by atoms with van der Waals surface area (Å²) in [4.78, 5) is 11.8. The van der Waals surface area contributed by atoms with Crippen molar-refractivity contribution < 1.29 is 9.53 Å². The van der Waals surface area contributed by atoms with E-state index in [-0.39, 0.29) is 12.2 Å². The molecule has 0 radical (unpaired) electrons. The number of ether oxygens (including phenoxy) is 1. The van der Waals surface area contributed by atoms with Crippen LogP contribution in [0.4, 0.5) is 0 Å². The van der Waals surface area contributed by atoms with Crippen molar-refractivity contribution in [2.24, 2.45) is 0 Å². The van der Waals surface area contributed by atoms with Crippen LogP contribution in [0.5, 0.6) is 0 Å². The minimum Gasteiger partial charge on any atom is -0.368 e. The van der Waals surface area contributed by atoms with Gasteiger partial charge in [0.05, 0.1) is 6.10 Å². The van der Waals surface area contributed by atoms with Crippen molar-refractivity contribution in [3.8, 4) is 0 Å². The smallest absolute Gasteiger partial charge is 0.161 e. The SMILES string of the molecule is CCCCCCCCCC(=O)C1CCC(C)O1. The second kappa shape index (κ2) is 8.68. The number of ketones is 1. The van der Waals surface area contributed by atoms with Crippen LogP contribution in [0.1, 0.15) is 78.1 Å². The maximum absolute atomic E-state index is 11.8. The monoisotopic (exact) mass is 240 g/mol. The molecular formula is C15H28O2. The maximum atomic E-state index is 11.8. The Morgan fingerprint density at radius 2 is 1.71 bits per heavy atom. The molecule has 1 aliphatic heterocycles. The van der Waals surface area contributed by atoms with Gasteiger partial charge in [-0.2, -0.15) is 0 Å². The summed E-state index contributed by atoms with van der Waals surface area (Å²) in [5.74, 6) is 0.336. The molecule has 2 atom stereocenters. The molecule has 0 N–H and O–H groups in total. The lowest BCUT2D eigenvalue weighted by molar-refractivity contribution is -0.129. The first kappa shape index (κ1) is 14.7. The third-order valence-electron chi connectivity index (χ3n) is 3.62. The van der Waals surface area contributed by atoms with Crippen LogP contribution < -0.4 is 0 Å². The highest BCUT2D eigenvalue weighted by Gasteiger charge is 2.27. The quantitative estimate of drug-likeness (QED) is 0.563. The highest BCUT2D eigenvalue weighted by Crippen LogP contribution is 2.21. The number of hydrogen-bond acceptors (Lipinski definition) is 2. The molecule has 1 saturated heterocycles. The number of Topliss-reactive ketones (excluding diaryl/α,β-unsaturated/α-hetero) is 1. The van der Waals surface area contributed by atoms with Gasteiger partial charge in [0.2, 0.25) is 0 Å². The number of carbonyl (C=O) groups is 1. The van der Waals surface area contributed by atoms with Gasteiger partial charge in [0.15, 0.2) is 5.78 Å². The molecule has 2 unspecified atom stereocenters. The van der Waals surface area contributed by atoms with Crippen molar-refractivity contribution in [2.75, 3.05) is 0 Å². The molecule has 100 valence electrons. The third kappa shape index (κ3) is 6.21. The molecule has 0 aromatic carbocycles. The summed E-state index contributed by atoms with van der Waals surface area (Å²) >= 11 is 0. The van der Waals surface area contributed by atoms with Crippen LogP contribution in [0.2, 0.25) is 0 Å². The minimum atomic E-state index is -0.0786. The van der Waals surface area contributed by atoms with Crippen LogP contribution in [0, 0.1) is 0 Å². The van der Waals surface area contributed by atoms with E-state index < -0.39 is 0 Å². The zero-order valence-corrected chi connectivity index (χ0v) is 11.5. The van der Waals surface area contributed by atoms with E-state index >= 15 is 0 Å². The predicted octanol–water partition coefficient (Wildman–Crippen LogP) is 4.26. The van der Waals surface area contributed by atoms with Crippen molar-refractivity contribution in [3.63, 3.8) is 0 Å². The lowest BCUT2D eigenvalue weighted by Gasteiger charge is -2.09. The van der Waals surface area contributed by atoms with Gasteiger partial charge in [0.1, 0.15) is 6.10 Å².